The summed E-state index contributed by atoms with van der Waals surface area (Å²) in [6, 6.07) is 6.04. The molecule has 0 aliphatic carbocycles. The minimum Gasteiger partial charge on any atom is -0.391 e. The van der Waals surface area contributed by atoms with Crippen molar-refractivity contribution in [3.05, 3.63) is 41.0 Å². The molecule has 21 nitrogen and oxygen atoms in total. The largest absolute Gasteiger partial charge is 0.391 e. The zero-order valence-corrected chi connectivity index (χ0v) is 40.5. The number of hydrogen-bond acceptors (Lipinski definition) is 18. The zero-order chi connectivity index (χ0) is 49.2. The molecule has 1 aromatic carbocycles. The molecule has 2 saturated heterocycles. The zero-order valence-electron chi connectivity index (χ0n) is 39.7. The maximum Gasteiger partial charge on any atom is 0.335 e. The van der Waals surface area contributed by atoms with Crippen molar-refractivity contribution in [1.82, 2.24) is 25.6 Å². The van der Waals surface area contributed by atoms with E-state index in [2.05, 4.69) is 15.6 Å². The highest BCUT2D eigenvalue weighted by molar-refractivity contribution is 7.13. The molecule has 0 saturated carbocycles. The number of thiazole rings is 1. The van der Waals surface area contributed by atoms with Gasteiger partial charge >= 0.3 is 5.97 Å². The Bertz CT molecular complexity index is 1840. The summed E-state index contributed by atoms with van der Waals surface area (Å²) in [4.78, 5) is 86.3. The molecule has 1 aromatic heterocycles. The number of aryl methyl sites for hydroxylation is 1. The van der Waals surface area contributed by atoms with Gasteiger partial charge in [-0.15, -0.1) is 16.4 Å². The number of aliphatic hydroxyl groups is 1. The van der Waals surface area contributed by atoms with Crippen LogP contribution in [0, 0.1) is 12.3 Å². The fourth-order valence-corrected chi connectivity index (χ4v) is 7.59. The van der Waals surface area contributed by atoms with Crippen LogP contribution in [0.15, 0.2) is 29.8 Å². The van der Waals surface area contributed by atoms with Gasteiger partial charge in [-0.1, -0.05) is 45.0 Å². The lowest BCUT2D eigenvalue weighted by Crippen LogP contribution is -2.57. The summed E-state index contributed by atoms with van der Waals surface area (Å²) < 4.78 is 43.7. The number of nitrogens with zero attached hydrogens (tertiary/aromatic N) is 3. The number of imide groups is 1. The Morgan fingerprint density at radius 3 is 1.66 bits per heavy atom. The quantitative estimate of drug-likeness (QED) is 0.0668. The number of carbonyl (C=O) groups excluding carboxylic acids is 6. The van der Waals surface area contributed by atoms with Gasteiger partial charge in [0.15, 0.2) is 0 Å². The molecule has 2 fully saturated rings. The summed E-state index contributed by atoms with van der Waals surface area (Å²) in [5.41, 5.74) is 4.03. The van der Waals surface area contributed by atoms with E-state index in [0.29, 0.717) is 84.3 Å². The van der Waals surface area contributed by atoms with E-state index in [1.54, 1.807) is 11.3 Å². The maximum atomic E-state index is 13.9. The van der Waals surface area contributed by atoms with Gasteiger partial charge in [-0.2, -0.15) is 0 Å². The van der Waals surface area contributed by atoms with Crippen LogP contribution in [0.2, 0.25) is 0 Å². The van der Waals surface area contributed by atoms with E-state index in [-0.39, 0.29) is 83.4 Å². The number of aliphatic hydroxyl groups excluding tert-OH is 1. The number of aromatic nitrogens is 1. The summed E-state index contributed by atoms with van der Waals surface area (Å²) in [6.07, 6.45) is -0.750. The van der Waals surface area contributed by atoms with Gasteiger partial charge in [0.1, 0.15) is 12.1 Å². The molecule has 2 aliphatic rings. The number of benzene rings is 1. The second kappa shape index (κ2) is 30.9. The molecule has 5 amide bonds. The smallest absolute Gasteiger partial charge is 0.335 e. The van der Waals surface area contributed by atoms with E-state index in [9.17, 15) is 33.9 Å². The summed E-state index contributed by atoms with van der Waals surface area (Å²) in [6.45, 7) is 13.0. The number of carbonyl (C=O) groups is 6. The Hall–Kier alpha value is -4.49. The van der Waals surface area contributed by atoms with Crippen LogP contribution in [0.25, 0.3) is 10.4 Å². The first-order chi connectivity index (χ1) is 32.7. The predicted molar refractivity (Wildman–Crippen MR) is 245 cm³/mol. The third-order valence-corrected chi connectivity index (χ3v) is 11.4. The topological polar surface area (TPSA) is 249 Å². The molecule has 22 heteroatoms. The van der Waals surface area contributed by atoms with Crippen molar-refractivity contribution < 1.29 is 76.6 Å². The van der Waals surface area contributed by atoms with Crippen LogP contribution in [0.4, 0.5) is 0 Å². The fourth-order valence-electron chi connectivity index (χ4n) is 6.78. The Morgan fingerprint density at radius 1 is 0.735 bits per heavy atom. The second-order valence-electron chi connectivity index (χ2n) is 16.9. The Kier molecular flexibility index (Phi) is 25.5. The first-order valence-corrected chi connectivity index (χ1v) is 23.9. The van der Waals surface area contributed by atoms with Gasteiger partial charge in [-0.3, -0.25) is 24.0 Å². The van der Waals surface area contributed by atoms with Crippen molar-refractivity contribution in [3.8, 4) is 10.4 Å². The highest BCUT2D eigenvalue weighted by Gasteiger charge is 2.44. The molecular formula is C46H69N5O16S. The van der Waals surface area contributed by atoms with E-state index in [4.69, 9.17) is 42.7 Å². The van der Waals surface area contributed by atoms with E-state index in [0.717, 1.165) is 21.7 Å². The minimum absolute atomic E-state index is 0.0103. The Balaban J connectivity index is 0.922. The lowest BCUT2D eigenvalue weighted by atomic mass is 9.85. The molecule has 0 bridgehead atoms. The molecule has 1 unspecified atom stereocenters. The summed E-state index contributed by atoms with van der Waals surface area (Å²) >= 11 is 1.57. The molecule has 0 radical (unpaired) electrons. The lowest BCUT2D eigenvalue weighted by Gasteiger charge is -2.35. The van der Waals surface area contributed by atoms with E-state index in [1.165, 1.54) is 4.90 Å². The number of likely N-dealkylation sites (tertiary alicyclic amines) is 1. The third kappa shape index (κ3) is 20.6. The normalized spacial score (nSPS) is 16.7. The number of β-amino-alcohol motifs (C(OH)–C–C–N with tert-alkyl or cyclic N) is 1. The fraction of sp³-hybridized carbons (Fsp3) is 0.674. The summed E-state index contributed by atoms with van der Waals surface area (Å²) in [5, 5.41) is 16.8. The van der Waals surface area contributed by atoms with Gasteiger partial charge in [0, 0.05) is 38.8 Å². The number of hydroxylamine groups is 2. The third-order valence-electron chi connectivity index (χ3n) is 10.4. The summed E-state index contributed by atoms with van der Waals surface area (Å²) in [5.74, 6) is -2.93. The molecule has 380 valence electrons. The highest BCUT2D eigenvalue weighted by Crippen LogP contribution is 2.28. The van der Waals surface area contributed by atoms with Gasteiger partial charge in [0.2, 0.25) is 17.7 Å². The van der Waals surface area contributed by atoms with Crippen LogP contribution in [-0.4, -0.2) is 186 Å². The van der Waals surface area contributed by atoms with Crippen molar-refractivity contribution in [2.75, 3.05) is 112 Å². The average Bonchev–Trinajstić information content (AvgIpc) is 4.02. The van der Waals surface area contributed by atoms with Crippen molar-refractivity contribution in [3.63, 3.8) is 0 Å². The molecule has 4 rings (SSSR count). The maximum absolute atomic E-state index is 13.9. The Labute approximate surface area is 401 Å². The van der Waals surface area contributed by atoms with Gasteiger partial charge in [-0.25, -0.2) is 9.78 Å². The van der Waals surface area contributed by atoms with Gasteiger partial charge in [0.05, 0.1) is 134 Å². The SMILES string of the molecule is Cc1ncsc1-c1ccc(CNC(=O)[C@@H]2C[C@@H](O)CN2C(=O)C(NC(=O)CCOCCOCCOCCOCCOCCOCCOCCOCCC(=O)ON2C(=O)CCC2=O)C(C)(C)C)cc1. The number of nitrogens with one attached hydrogen (secondary N) is 2. The number of amides is 5. The van der Waals surface area contributed by atoms with Crippen LogP contribution >= 0.6 is 11.3 Å². The standard InChI is InChI=1S/C46H69N5O16S/c1-33-42(68-32-48-33)35-7-5-34(6-8-35)30-47-44(57)37-29-36(52)31-50(37)45(58)43(46(2,3)4)49-38(53)11-13-59-15-17-61-19-21-63-23-25-65-27-28-66-26-24-64-22-20-62-18-16-60-14-12-41(56)67-51-39(54)9-10-40(51)55/h5-8,32,36-37,43,52H,9-31H2,1-4H3,(H,47,57)(H,49,53)/t36-,37+,43?/m1/s1. The highest BCUT2D eigenvalue weighted by atomic mass is 32.1. The number of ether oxygens (including phenoxy) is 8. The molecule has 3 atom stereocenters. The first-order valence-electron chi connectivity index (χ1n) is 23.0. The van der Waals surface area contributed by atoms with Crippen molar-refractivity contribution in [2.45, 2.75) is 84.5 Å². The van der Waals surface area contributed by atoms with E-state index in [1.807, 2.05) is 57.5 Å². The van der Waals surface area contributed by atoms with Crippen LogP contribution in [0.3, 0.4) is 0 Å². The van der Waals surface area contributed by atoms with Crippen molar-refractivity contribution >= 4 is 46.8 Å². The lowest BCUT2D eigenvalue weighted by molar-refractivity contribution is -0.198. The molecular weight excluding hydrogens is 911 g/mol. The van der Waals surface area contributed by atoms with Crippen molar-refractivity contribution in [1.29, 1.82) is 0 Å². The van der Waals surface area contributed by atoms with E-state index < -0.39 is 47.3 Å². The second-order valence-corrected chi connectivity index (χ2v) is 17.7. The van der Waals surface area contributed by atoms with Crippen LogP contribution in [-0.2, 0) is 78.0 Å². The monoisotopic (exact) mass is 979 g/mol. The molecule has 0 spiro atoms. The van der Waals surface area contributed by atoms with Crippen LogP contribution in [0.5, 0.6) is 0 Å². The number of hydrogen-bond donors (Lipinski definition) is 3. The minimum atomic E-state index is -0.933. The van der Waals surface area contributed by atoms with Crippen LogP contribution in [0.1, 0.15) is 64.1 Å². The predicted octanol–water partition coefficient (Wildman–Crippen LogP) is 1.75. The Morgan fingerprint density at radius 2 is 1.21 bits per heavy atom. The first kappa shape index (κ1) is 56.1. The summed E-state index contributed by atoms with van der Waals surface area (Å²) in [7, 11) is 0. The van der Waals surface area contributed by atoms with Gasteiger partial charge in [-0.05, 0) is 23.5 Å². The van der Waals surface area contributed by atoms with E-state index >= 15 is 0 Å². The van der Waals surface area contributed by atoms with Gasteiger partial charge < -0.3 is 63.4 Å². The molecule has 2 aromatic rings. The molecule has 2 aliphatic heterocycles. The molecule has 3 heterocycles. The average molecular weight is 980 g/mol. The van der Waals surface area contributed by atoms with Crippen LogP contribution < -0.4 is 10.6 Å². The molecule has 3 N–H and O–H groups in total. The van der Waals surface area contributed by atoms with Crippen molar-refractivity contribution in [2.24, 2.45) is 5.41 Å². The number of rotatable bonds is 34. The van der Waals surface area contributed by atoms with Gasteiger partial charge in [0.25, 0.3) is 11.8 Å². The molecule has 68 heavy (non-hydrogen) atoms.